The summed E-state index contributed by atoms with van der Waals surface area (Å²) in [6.07, 6.45) is 9.47. The lowest BCUT2D eigenvalue weighted by Gasteiger charge is -2.60. The van der Waals surface area contributed by atoms with Crippen LogP contribution in [0.2, 0.25) is 0 Å². The number of carbonyl (C=O) groups is 1. The number of nitrogens with zero attached hydrogens (tertiary/aromatic N) is 1. The first kappa shape index (κ1) is 30.5. The van der Waals surface area contributed by atoms with Gasteiger partial charge in [0, 0.05) is 48.4 Å². The molecule has 0 amide bonds. The Morgan fingerprint density at radius 3 is 2.83 bits per heavy atom. The van der Waals surface area contributed by atoms with Gasteiger partial charge in [-0.2, -0.15) is 0 Å². The summed E-state index contributed by atoms with van der Waals surface area (Å²) in [6, 6.07) is 0.448. The average molecular weight is 588 g/mol. The molecular formula is C32H53N5O5. The lowest BCUT2D eigenvalue weighted by Crippen LogP contribution is -3.19. The number of aliphatic hydroxyl groups excluding tert-OH is 1. The van der Waals surface area contributed by atoms with Crippen molar-refractivity contribution in [2.45, 2.75) is 88.9 Å². The highest BCUT2D eigenvalue weighted by molar-refractivity contribution is 5.90. The van der Waals surface area contributed by atoms with Gasteiger partial charge >= 0.3 is 0 Å². The van der Waals surface area contributed by atoms with Crippen molar-refractivity contribution in [3.05, 3.63) is 11.1 Å². The van der Waals surface area contributed by atoms with Gasteiger partial charge in [0.2, 0.25) is 0 Å². The topological polar surface area (TPSA) is 157 Å². The fourth-order valence-electron chi connectivity index (χ4n) is 11.3. The van der Waals surface area contributed by atoms with E-state index < -0.39 is 17.0 Å². The minimum absolute atomic E-state index is 0.00543. The summed E-state index contributed by atoms with van der Waals surface area (Å²) in [5.74, 6) is 0.537. The van der Waals surface area contributed by atoms with Gasteiger partial charge < -0.3 is 41.2 Å². The van der Waals surface area contributed by atoms with Crippen LogP contribution >= 0.6 is 0 Å². The van der Waals surface area contributed by atoms with E-state index in [-0.39, 0.29) is 42.1 Å². The lowest BCUT2D eigenvalue weighted by atomic mass is 9.45. The third kappa shape index (κ3) is 4.58. The van der Waals surface area contributed by atoms with Gasteiger partial charge in [0.25, 0.3) is 5.96 Å². The average Bonchev–Trinajstić information content (AvgIpc) is 3.34. The van der Waals surface area contributed by atoms with E-state index in [0.29, 0.717) is 43.2 Å². The van der Waals surface area contributed by atoms with Crippen molar-refractivity contribution in [3.8, 4) is 0 Å². The lowest BCUT2D eigenvalue weighted by molar-refractivity contribution is -0.828. The number of hydrogen-bond acceptors (Lipinski definition) is 8. The zero-order chi connectivity index (χ0) is 29.7. The molecule has 10 unspecified atom stereocenters. The zero-order valence-corrected chi connectivity index (χ0v) is 25.6. The van der Waals surface area contributed by atoms with Crippen LogP contribution in [0.5, 0.6) is 0 Å². The van der Waals surface area contributed by atoms with Crippen molar-refractivity contribution in [1.82, 2.24) is 10.6 Å². The number of aliphatic imine (C=N–C) groups is 1. The number of aliphatic hydroxyl groups is 2. The monoisotopic (exact) mass is 587 g/mol. The Balaban J connectivity index is 1.38. The van der Waals surface area contributed by atoms with Crippen LogP contribution in [-0.2, 0) is 9.53 Å². The van der Waals surface area contributed by atoms with E-state index in [1.54, 1.807) is 7.05 Å². The number of allylic oxidation sites excluding steroid dienone is 1. The Morgan fingerprint density at radius 1 is 1.24 bits per heavy atom. The number of nitrogens with one attached hydrogen (secondary N) is 3. The molecule has 3 saturated carbocycles. The number of likely N-dealkylation sites (tertiary alicyclic amines) is 1. The first-order chi connectivity index (χ1) is 20.2. The second kappa shape index (κ2) is 11.7. The van der Waals surface area contributed by atoms with Crippen molar-refractivity contribution in [2.24, 2.45) is 45.2 Å². The molecule has 0 aromatic heterocycles. The van der Waals surface area contributed by atoms with Gasteiger partial charge in [0.1, 0.15) is 5.60 Å². The maximum Gasteiger partial charge on any atom is 0.293 e. The number of carboxylic acid groups (broad SMARTS) is 1. The molecule has 2 heterocycles. The van der Waals surface area contributed by atoms with Crippen LogP contribution in [0.4, 0.5) is 0 Å². The minimum atomic E-state index is -1.59. The summed E-state index contributed by atoms with van der Waals surface area (Å²) >= 11 is 0. The molecular weight excluding hydrogens is 534 g/mol. The van der Waals surface area contributed by atoms with Crippen molar-refractivity contribution < 1.29 is 29.8 Å². The van der Waals surface area contributed by atoms with Gasteiger partial charge in [0.15, 0.2) is 0 Å². The van der Waals surface area contributed by atoms with Crippen LogP contribution in [0.1, 0.15) is 71.1 Å². The number of guanidine groups is 1. The number of quaternary nitrogens is 1. The fraction of sp³-hybridized carbons (Fsp3) is 0.875. The molecule has 7 N–H and O–H groups in total. The van der Waals surface area contributed by atoms with E-state index in [1.807, 2.05) is 0 Å². The molecule has 10 heteroatoms. The third-order valence-corrected chi connectivity index (χ3v) is 12.8. The largest absolute Gasteiger partial charge is 0.545 e. The summed E-state index contributed by atoms with van der Waals surface area (Å²) in [6.45, 7) is 6.32. The van der Waals surface area contributed by atoms with Crippen molar-refractivity contribution in [3.63, 3.8) is 0 Å². The smallest absolute Gasteiger partial charge is 0.293 e. The minimum Gasteiger partial charge on any atom is -0.545 e. The first-order valence-electron chi connectivity index (χ1n) is 16.6. The van der Waals surface area contributed by atoms with Crippen LogP contribution in [0.3, 0.4) is 0 Å². The molecule has 10 nitrogen and oxygen atoms in total. The van der Waals surface area contributed by atoms with Gasteiger partial charge in [-0.3, -0.25) is 4.90 Å². The zero-order valence-electron chi connectivity index (χ0n) is 25.6. The predicted octanol–water partition coefficient (Wildman–Crippen LogP) is -1.04. The number of carboxylic acids is 1. The molecule has 0 aromatic rings. The number of fused-ring (bicyclic) bond motifs is 1. The Bertz CT molecular complexity index is 1100. The molecule has 2 spiro atoms. The van der Waals surface area contributed by atoms with Crippen molar-refractivity contribution >= 4 is 11.9 Å². The highest BCUT2D eigenvalue weighted by Gasteiger charge is 2.75. The van der Waals surface area contributed by atoms with Gasteiger partial charge in [-0.1, -0.05) is 12.5 Å². The molecule has 2 aliphatic heterocycles. The molecule has 2 saturated heterocycles. The summed E-state index contributed by atoms with van der Waals surface area (Å²) in [4.78, 5) is 18.6. The fourth-order valence-corrected chi connectivity index (χ4v) is 11.3. The number of carbonyl (C=O) groups excluding carboxylic acids is 1. The predicted molar refractivity (Wildman–Crippen MR) is 157 cm³/mol. The molecule has 5 fully saturated rings. The van der Waals surface area contributed by atoms with E-state index in [4.69, 9.17) is 10.5 Å². The maximum absolute atomic E-state index is 13.0. The van der Waals surface area contributed by atoms with Crippen molar-refractivity contribution in [2.75, 3.05) is 53.0 Å². The molecule has 0 radical (unpaired) electrons. The number of ether oxygens (including phenoxy) is 1. The molecule has 6 rings (SSSR count). The molecule has 0 aromatic carbocycles. The number of piperidine rings is 2. The van der Waals surface area contributed by atoms with Crippen LogP contribution in [0.25, 0.3) is 0 Å². The van der Waals surface area contributed by atoms with E-state index in [1.165, 1.54) is 0 Å². The summed E-state index contributed by atoms with van der Waals surface area (Å²) in [5.41, 5.74) is 5.19. The molecule has 6 aliphatic rings. The van der Waals surface area contributed by atoms with E-state index in [2.05, 4.69) is 22.5 Å². The molecule has 2 bridgehead atoms. The number of rotatable bonds is 8. The van der Waals surface area contributed by atoms with Crippen LogP contribution in [0, 0.1) is 34.5 Å². The van der Waals surface area contributed by atoms with Gasteiger partial charge in [0.05, 0.1) is 38.4 Å². The standard InChI is InChI=1S/C32H53N5O5/c1-20-8-9-21-15-24-27(28(39)40)30(41,19-42-26-7-3-6-25-23(26)5-4-11-36-25)17-31(20,24)32(21)18-37(29(33)34-2)13-10-22(32)16-35-12-14-38/h20-23,25-26,35-36,38,41H,3-19H2,1-2H3,(H2,33,34)(H,39,40). The van der Waals surface area contributed by atoms with E-state index >= 15 is 0 Å². The summed E-state index contributed by atoms with van der Waals surface area (Å²) in [5, 5.41) is 42.2. The highest BCUT2D eigenvalue weighted by atomic mass is 16.5. The van der Waals surface area contributed by atoms with Crippen LogP contribution in [0.15, 0.2) is 16.1 Å². The van der Waals surface area contributed by atoms with Crippen LogP contribution in [-0.4, -0.2) is 92.9 Å². The molecule has 236 valence electrons. The van der Waals surface area contributed by atoms with Crippen molar-refractivity contribution in [1.29, 1.82) is 0 Å². The van der Waals surface area contributed by atoms with Gasteiger partial charge in [-0.15, -0.1) is 0 Å². The quantitative estimate of drug-likeness (QED) is 0.119. The number of hydrogen-bond donors (Lipinski definition) is 6. The number of nitrogens with two attached hydrogens (primary N) is 1. The Hall–Kier alpha value is -1.56. The van der Waals surface area contributed by atoms with Crippen LogP contribution < -0.4 is 26.4 Å². The first-order valence-corrected chi connectivity index (χ1v) is 16.6. The third-order valence-electron chi connectivity index (χ3n) is 12.8. The van der Waals surface area contributed by atoms with E-state index in [9.17, 15) is 20.1 Å². The second-order valence-corrected chi connectivity index (χ2v) is 14.4. The summed E-state index contributed by atoms with van der Waals surface area (Å²) in [7, 11) is 1.74. The molecule has 42 heavy (non-hydrogen) atoms. The Morgan fingerprint density at radius 2 is 2.07 bits per heavy atom. The molecule has 10 atom stereocenters. The van der Waals surface area contributed by atoms with Gasteiger partial charge in [-0.25, -0.2) is 4.99 Å². The summed E-state index contributed by atoms with van der Waals surface area (Å²) < 4.78 is 6.61. The Labute approximate surface area is 250 Å². The Kier molecular flexibility index (Phi) is 8.52. The number of aliphatic carboxylic acids is 1. The van der Waals surface area contributed by atoms with Gasteiger partial charge in [-0.05, 0) is 88.6 Å². The van der Waals surface area contributed by atoms with E-state index in [0.717, 1.165) is 88.0 Å². The normalized spacial score (nSPS) is 45.2. The second-order valence-electron chi connectivity index (χ2n) is 14.4. The SMILES string of the molecule is CN=C(N)[NH+]1CCC(CNCCO)C2(C1)C1CCC(C)C23CC(O)(COC2CCCC4NCCCC42)C(C(=O)[O-])=C3C1. The molecule has 4 aliphatic carbocycles. The highest BCUT2D eigenvalue weighted by Crippen LogP contribution is 2.76. The maximum atomic E-state index is 13.0.